The molecule has 0 bridgehead atoms. The molecule has 0 unspecified atom stereocenters. The number of ether oxygens (including phenoxy) is 1. The van der Waals surface area contributed by atoms with E-state index < -0.39 is 0 Å². The van der Waals surface area contributed by atoms with E-state index in [4.69, 9.17) is 9.72 Å². The molecule has 1 atom stereocenters. The quantitative estimate of drug-likeness (QED) is 0.557. The second-order valence-electron chi connectivity index (χ2n) is 7.03. The number of para-hydroxylation sites is 1. The summed E-state index contributed by atoms with van der Waals surface area (Å²) in [5, 5.41) is 1.07. The van der Waals surface area contributed by atoms with Crippen LogP contribution in [0.25, 0.3) is 10.2 Å². The van der Waals surface area contributed by atoms with Crippen LogP contribution in [0, 0.1) is 6.92 Å². The number of rotatable bonds is 6. The minimum Gasteiger partial charge on any atom is -0.494 e. The van der Waals surface area contributed by atoms with Crippen molar-refractivity contribution in [2.24, 2.45) is 0 Å². The van der Waals surface area contributed by atoms with Crippen molar-refractivity contribution in [3.63, 3.8) is 0 Å². The smallest absolute Gasteiger partial charge is 0.223 e. The van der Waals surface area contributed by atoms with Crippen LogP contribution in [-0.4, -0.2) is 28.9 Å². The molecule has 27 heavy (non-hydrogen) atoms. The number of aryl methyl sites for hydroxylation is 1. The van der Waals surface area contributed by atoms with Gasteiger partial charge in [0.25, 0.3) is 0 Å². The summed E-state index contributed by atoms with van der Waals surface area (Å²) >= 11 is 1.71. The van der Waals surface area contributed by atoms with Gasteiger partial charge in [0.1, 0.15) is 10.8 Å². The predicted octanol–water partition coefficient (Wildman–Crippen LogP) is 5.13. The highest BCUT2D eigenvalue weighted by Gasteiger charge is 2.31. The van der Waals surface area contributed by atoms with Crippen LogP contribution in [0.3, 0.4) is 0 Å². The highest BCUT2D eigenvalue weighted by atomic mass is 32.1. The van der Waals surface area contributed by atoms with E-state index in [9.17, 15) is 4.79 Å². The lowest BCUT2D eigenvalue weighted by molar-refractivity contribution is -0.132. The van der Waals surface area contributed by atoms with Crippen LogP contribution in [0.15, 0.2) is 48.5 Å². The molecule has 1 aliphatic rings. The number of hydrogen-bond acceptors (Lipinski definition) is 4. The van der Waals surface area contributed by atoms with Crippen LogP contribution in [0.5, 0.6) is 5.75 Å². The average Bonchev–Trinajstić information content (AvgIpc) is 3.31. The number of hydrogen-bond donors (Lipinski definition) is 0. The van der Waals surface area contributed by atoms with Gasteiger partial charge in [-0.1, -0.05) is 24.3 Å². The third-order valence-electron chi connectivity index (χ3n) is 4.96. The summed E-state index contributed by atoms with van der Waals surface area (Å²) in [6.45, 7) is 3.44. The maximum Gasteiger partial charge on any atom is 0.223 e. The Kier molecular flexibility index (Phi) is 5.39. The van der Waals surface area contributed by atoms with E-state index in [1.165, 1.54) is 10.3 Å². The molecule has 0 aliphatic carbocycles. The lowest BCUT2D eigenvalue weighted by Gasteiger charge is -2.23. The molecule has 2 aromatic carbocycles. The zero-order valence-corrected chi connectivity index (χ0v) is 16.4. The molecule has 4 rings (SSSR count). The van der Waals surface area contributed by atoms with Crippen LogP contribution in [0.1, 0.15) is 42.3 Å². The van der Waals surface area contributed by atoms with Gasteiger partial charge in [-0.25, -0.2) is 4.98 Å². The zero-order valence-electron chi connectivity index (χ0n) is 15.6. The SMILES string of the molecule is Cc1cccc(OCCCC(=O)N2CCC[C@H]2c2nc3ccccc3s2)c1. The minimum absolute atomic E-state index is 0.132. The van der Waals surface area contributed by atoms with Gasteiger partial charge in [-0.05, 0) is 56.0 Å². The van der Waals surface area contributed by atoms with E-state index in [1.807, 2.05) is 54.3 Å². The molecule has 2 heterocycles. The van der Waals surface area contributed by atoms with Crippen molar-refractivity contribution in [1.29, 1.82) is 0 Å². The van der Waals surface area contributed by atoms with Gasteiger partial charge in [0.15, 0.2) is 0 Å². The Labute approximate surface area is 163 Å². The van der Waals surface area contributed by atoms with Gasteiger partial charge in [0.2, 0.25) is 5.91 Å². The van der Waals surface area contributed by atoms with Gasteiger partial charge in [0.05, 0.1) is 22.9 Å². The Balaban J connectivity index is 1.33. The third-order valence-corrected chi connectivity index (χ3v) is 6.10. The topological polar surface area (TPSA) is 42.4 Å². The Morgan fingerprint density at radius 1 is 1.26 bits per heavy atom. The molecule has 4 nitrogen and oxygen atoms in total. The van der Waals surface area contributed by atoms with E-state index in [-0.39, 0.29) is 11.9 Å². The molecule has 1 amide bonds. The molecule has 3 aromatic rings. The van der Waals surface area contributed by atoms with Crippen molar-refractivity contribution in [1.82, 2.24) is 9.88 Å². The lowest BCUT2D eigenvalue weighted by Crippen LogP contribution is -2.30. The molecule has 0 N–H and O–H groups in total. The molecule has 1 aliphatic heterocycles. The van der Waals surface area contributed by atoms with Gasteiger partial charge in [-0.15, -0.1) is 11.3 Å². The molecular formula is C22H24N2O2S. The van der Waals surface area contributed by atoms with E-state index in [1.54, 1.807) is 11.3 Å². The zero-order chi connectivity index (χ0) is 18.6. The van der Waals surface area contributed by atoms with Crippen LogP contribution < -0.4 is 4.74 Å². The first-order valence-electron chi connectivity index (χ1n) is 9.55. The molecule has 1 fully saturated rings. The summed E-state index contributed by atoms with van der Waals surface area (Å²) in [4.78, 5) is 19.5. The van der Waals surface area contributed by atoms with Gasteiger partial charge in [0, 0.05) is 13.0 Å². The number of carbonyl (C=O) groups excluding carboxylic acids is 1. The van der Waals surface area contributed by atoms with Crippen molar-refractivity contribution >= 4 is 27.5 Å². The fourth-order valence-electron chi connectivity index (χ4n) is 3.62. The molecule has 1 saturated heterocycles. The van der Waals surface area contributed by atoms with Crippen molar-refractivity contribution < 1.29 is 9.53 Å². The first kappa shape index (κ1) is 18.0. The standard InChI is InChI=1S/C22H24N2O2S/c1-16-7-4-8-17(15-16)26-14-6-12-21(25)24-13-5-10-19(24)22-23-18-9-2-3-11-20(18)27-22/h2-4,7-9,11,15,19H,5-6,10,12-14H2,1H3/t19-/m0/s1. The second-order valence-corrected chi connectivity index (χ2v) is 8.10. The summed E-state index contributed by atoms with van der Waals surface area (Å²) in [5.74, 6) is 1.08. The van der Waals surface area contributed by atoms with Gasteiger partial charge < -0.3 is 9.64 Å². The molecule has 140 valence electrons. The summed E-state index contributed by atoms with van der Waals surface area (Å²) in [6, 6.07) is 16.3. The number of benzene rings is 2. The van der Waals surface area contributed by atoms with E-state index in [0.29, 0.717) is 13.0 Å². The van der Waals surface area contributed by atoms with E-state index >= 15 is 0 Å². The van der Waals surface area contributed by atoms with Gasteiger partial charge >= 0.3 is 0 Å². The summed E-state index contributed by atoms with van der Waals surface area (Å²) in [6.07, 6.45) is 3.31. The molecule has 0 saturated carbocycles. The first-order valence-corrected chi connectivity index (χ1v) is 10.4. The van der Waals surface area contributed by atoms with Crippen molar-refractivity contribution in [3.8, 4) is 5.75 Å². The van der Waals surface area contributed by atoms with Gasteiger partial charge in [-0.3, -0.25) is 4.79 Å². The van der Waals surface area contributed by atoms with Crippen molar-refractivity contribution in [2.45, 2.75) is 38.6 Å². The monoisotopic (exact) mass is 380 g/mol. The second kappa shape index (κ2) is 8.09. The maximum atomic E-state index is 12.8. The third kappa shape index (κ3) is 4.14. The Morgan fingerprint density at radius 2 is 2.15 bits per heavy atom. The number of fused-ring (bicyclic) bond motifs is 1. The fraction of sp³-hybridized carbons (Fsp3) is 0.364. The number of nitrogens with zero attached hydrogens (tertiary/aromatic N) is 2. The molecule has 1 aromatic heterocycles. The molecule has 5 heteroatoms. The van der Waals surface area contributed by atoms with Crippen LogP contribution in [-0.2, 0) is 4.79 Å². The minimum atomic E-state index is 0.132. The van der Waals surface area contributed by atoms with Crippen LogP contribution >= 0.6 is 11.3 Å². The average molecular weight is 381 g/mol. The number of likely N-dealkylation sites (tertiary alicyclic amines) is 1. The normalized spacial score (nSPS) is 16.8. The number of carbonyl (C=O) groups is 1. The molecule has 0 radical (unpaired) electrons. The summed E-state index contributed by atoms with van der Waals surface area (Å²) in [7, 11) is 0. The maximum absolute atomic E-state index is 12.8. The summed E-state index contributed by atoms with van der Waals surface area (Å²) in [5.41, 5.74) is 2.21. The summed E-state index contributed by atoms with van der Waals surface area (Å²) < 4.78 is 6.96. The van der Waals surface area contributed by atoms with E-state index in [2.05, 4.69) is 6.07 Å². The van der Waals surface area contributed by atoms with Gasteiger partial charge in [-0.2, -0.15) is 0 Å². The molecule has 0 spiro atoms. The fourth-order valence-corrected chi connectivity index (χ4v) is 4.73. The highest BCUT2D eigenvalue weighted by molar-refractivity contribution is 7.18. The van der Waals surface area contributed by atoms with Crippen molar-refractivity contribution in [3.05, 3.63) is 59.1 Å². The Bertz CT molecular complexity index is 904. The van der Waals surface area contributed by atoms with E-state index in [0.717, 1.165) is 42.1 Å². The van der Waals surface area contributed by atoms with Crippen molar-refractivity contribution in [2.75, 3.05) is 13.2 Å². The van der Waals surface area contributed by atoms with Crippen LogP contribution in [0.2, 0.25) is 0 Å². The number of amides is 1. The molecular weight excluding hydrogens is 356 g/mol. The lowest BCUT2D eigenvalue weighted by atomic mass is 10.2. The highest BCUT2D eigenvalue weighted by Crippen LogP contribution is 2.36. The van der Waals surface area contributed by atoms with Crippen LogP contribution in [0.4, 0.5) is 0 Å². The Hall–Kier alpha value is -2.40. The number of thiazole rings is 1. The Morgan fingerprint density at radius 3 is 3.00 bits per heavy atom. The predicted molar refractivity (Wildman–Crippen MR) is 109 cm³/mol. The number of aromatic nitrogens is 1. The largest absolute Gasteiger partial charge is 0.494 e. The first-order chi connectivity index (χ1) is 13.2.